The third-order valence-corrected chi connectivity index (χ3v) is 4.52. The second-order valence-corrected chi connectivity index (χ2v) is 6.57. The van der Waals surface area contributed by atoms with Crippen LogP contribution >= 0.6 is 0 Å². The maximum absolute atomic E-state index is 11.8. The van der Waals surface area contributed by atoms with E-state index in [-0.39, 0.29) is 5.41 Å². The van der Waals surface area contributed by atoms with Crippen LogP contribution in [0.2, 0.25) is 0 Å². The molecule has 0 aliphatic heterocycles. The van der Waals surface area contributed by atoms with E-state index in [0.29, 0.717) is 17.2 Å². The highest BCUT2D eigenvalue weighted by Gasteiger charge is 2.47. The summed E-state index contributed by atoms with van der Waals surface area (Å²) in [5.41, 5.74) is 6.34. The highest BCUT2D eigenvalue weighted by Crippen LogP contribution is 2.52. The van der Waals surface area contributed by atoms with Gasteiger partial charge in [0, 0.05) is 23.8 Å². The molecule has 0 amide bonds. The van der Waals surface area contributed by atoms with E-state index in [1.165, 1.54) is 6.26 Å². The Bertz CT molecular complexity index is 533. The maximum Gasteiger partial charge on any atom is 0.175 e. The summed E-state index contributed by atoms with van der Waals surface area (Å²) in [6.07, 6.45) is 3.07. The van der Waals surface area contributed by atoms with Crippen molar-refractivity contribution in [3.63, 3.8) is 0 Å². The van der Waals surface area contributed by atoms with Crippen LogP contribution in [0.25, 0.3) is 0 Å². The fourth-order valence-electron chi connectivity index (χ4n) is 2.22. The number of ether oxygens (including phenoxy) is 1. The van der Waals surface area contributed by atoms with Crippen LogP contribution in [-0.2, 0) is 15.3 Å². The van der Waals surface area contributed by atoms with Gasteiger partial charge in [-0.3, -0.25) is 0 Å². The van der Waals surface area contributed by atoms with Crippen molar-refractivity contribution in [2.75, 3.05) is 19.9 Å². The molecule has 1 saturated carbocycles. The Kier molecular flexibility index (Phi) is 2.91. The summed E-state index contributed by atoms with van der Waals surface area (Å²) >= 11 is 0. The molecule has 1 aliphatic carbocycles. The maximum atomic E-state index is 11.8. The van der Waals surface area contributed by atoms with Gasteiger partial charge in [-0.25, -0.2) is 8.42 Å². The minimum Gasteiger partial charge on any atom is -0.496 e. The molecule has 0 bridgehead atoms. The molecule has 0 unspecified atom stereocenters. The van der Waals surface area contributed by atoms with Gasteiger partial charge in [0.25, 0.3) is 0 Å². The van der Waals surface area contributed by atoms with Gasteiger partial charge in [0.05, 0.1) is 12.0 Å². The largest absolute Gasteiger partial charge is 0.496 e. The quantitative estimate of drug-likeness (QED) is 0.874. The van der Waals surface area contributed by atoms with Crippen LogP contribution in [0.3, 0.4) is 0 Å². The normalized spacial score (nSPS) is 17.8. The zero-order valence-electron chi connectivity index (χ0n) is 10.1. The van der Waals surface area contributed by atoms with Crippen molar-refractivity contribution in [1.29, 1.82) is 0 Å². The summed E-state index contributed by atoms with van der Waals surface area (Å²) < 4.78 is 28.9. The summed E-state index contributed by atoms with van der Waals surface area (Å²) in [7, 11) is -1.70. The fraction of sp³-hybridized carbons (Fsp3) is 0.500. The lowest BCUT2D eigenvalue weighted by molar-refractivity contribution is 0.401. The minimum atomic E-state index is -3.25. The summed E-state index contributed by atoms with van der Waals surface area (Å²) in [6.45, 7) is 0.454. The monoisotopic (exact) mass is 255 g/mol. The van der Waals surface area contributed by atoms with Gasteiger partial charge in [-0.05, 0) is 25.0 Å². The Hall–Kier alpha value is -1.07. The highest BCUT2D eigenvalue weighted by atomic mass is 32.2. The molecule has 0 atom stereocenters. The third-order valence-electron chi connectivity index (χ3n) is 3.38. The van der Waals surface area contributed by atoms with E-state index < -0.39 is 9.84 Å². The van der Waals surface area contributed by atoms with Gasteiger partial charge in [0.2, 0.25) is 0 Å². The second-order valence-electron chi connectivity index (χ2n) is 4.59. The van der Waals surface area contributed by atoms with Gasteiger partial charge >= 0.3 is 0 Å². The Morgan fingerprint density at radius 3 is 2.47 bits per heavy atom. The molecule has 2 N–H and O–H groups in total. The van der Waals surface area contributed by atoms with Crippen LogP contribution in [0, 0.1) is 0 Å². The van der Waals surface area contributed by atoms with E-state index in [9.17, 15) is 8.42 Å². The van der Waals surface area contributed by atoms with Crippen molar-refractivity contribution in [2.24, 2.45) is 5.73 Å². The molecule has 0 radical (unpaired) electrons. The van der Waals surface area contributed by atoms with Crippen molar-refractivity contribution in [2.45, 2.75) is 23.2 Å². The van der Waals surface area contributed by atoms with Crippen molar-refractivity contribution in [1.82, 2.24) is 0 Å². The van der Waals surface area contributed by atoms with Crippen molar-refractivity contribution in [3.05, 3.63) is 23.8 Å². The zero-order chi connectivity index (χ0) is 12.7. The molecule has 4 nitrogen and oxygen atoms in total. The first-order valence-electron chi connectivity index (χ1n) is 5.52. The van der Waals surface area contributed by atoms with E-state index in [4.69, 9.17) is 10.5 Å². The first-order valence-corrected chi connectivity index (χ1v) is 7.41. The van der Waals surface area contributed by atoms with Crippen LogP contribution in [0.4, 0.5) is 0 Å². The molecule has 1 aromatic carbocycles. The topological polar surface area (TPSA) is 69.4 Å². The first kappa shape index (κ1) is 12.4. The van der Waals surface area contributed by atoms with Gasteiger partial charge in [-0.1, -0.05) is 6.07 Å². The van der Waals surface area contributed by atoms with Gasteiger partial charge in [-0.2, -0.15) is 0 Å². The van der Waals surface area contributed by atoms with E-state index in [0.717, 1.165) is 18.4 Å². The molecule has 1 fully saturated rings. The summed E-state index contributed by atoms with van der Waals surface area (Å²) in [5, 5.41) is 0. The number of hydrogen-bond donors (Lipinski definition) is 1. The van der Waals surface area contributed by atoms with Crippen LogP contribution in [-0.4, -0.2) is 28.3 Å². The lowest BCUT2D eigenvalue weighted by atomic mass is 9.95. The van der Waals surface area contributed by atoms with Gasteiger partial charge in [-0.15, -0.1) is 0 Å². The Balaban J connectivity index is 2.69. The van der Waals surface area contributed by atoms with Crippen molar-refractivity contribution < 1.29 is 13.2 Å². The smallest absolute Gasteiger partial charge is 0.175 e. The predicted molar refractivity (Wildman–Crippen MR) is 66.1 cm³/mol. The minimum absolute atomic E-state index is 0.203. The third kappa shape index (κ3) is 2.05. The van der Waals surface area contributed by atoms with Gasteiger partial charge in [0.1, 0.15) is 5.75 Å². The van der Waals surface area contributed by atoms with E-state index in [1.54, 1.807) is 25.3 Å². The van der Waals surface area contributed by atoms with Crippen LogP contribution < -0.4 is 10.5 Å². The molecule has 0 saturated heterocycles. The van der Waals surface area contributed by atoms with Crippen molar-refractivity contribution in [3.8, 4) is 5.75 Å². The molecule has 0 spiro atoms. The average molecular weight is 255 g/mol. The fourth-order valence-corrected chi connectivity index (χ4v) is 3.23. The molecule has 94 valence electrons. The van der Waals surface area contributed by atoms with Crippen LogP contribution in [0.1, 0.15) is 18.4 Å². The second kappa shape index (κ2) is 3.99. The number of hydrogen-bond acceptors (Lipinski definition) is 4. The summed E-state index contributed by atoms with van der Waals surface area (Å²) in [5.74, 6) is 0.621. The zero-order valence-corrected chi connectivity index (χ0v) is 10.9. The Labute approximate surface area is 102 Å². The number of sulfone groups is 1. The molecule has 2 rings (SSSR count). The van der Waals surface area contributed by atoms with Crippen molar-refractivity contribution >= 4 is 9.84 Å². The highest BCUT2D eigenvalue weighted by molar-refractivity contribution is 7.90. The van der Waals surface area contributed by atoms with Crippen LogP contribution in [0.15, 0.2) is 23.1 Å². The lowest BCUT2D eigenvalue weighted by Crippen LogP contribution is -2.23. The van der Waals surface area contributed by atoms with Gasteiger partial charge < -0.3 is 10.5 Å². The number of nitrogens with two attached hydrogens (primary N) is 1. The number of methoxy groups -OCH3 is 1. The van der Waals surface area contributed by atoms with E-state index in [2.05, 4.69) is 0 Å². The van der Waals surface area contributed by atoms with E-state index in [1.807, 2.05) is 0 Å². The predicted octanol–water partition coefficient (Wildman–Crippen LogP) is 1.09. The standard InChI is InChI=1S/C12H17NO3S/c1-16-9-4-3-5-10(17(2,14)15)11(9)12(8-13)6-7-12/h3-5H,6-8,13H2,1-2H3. The summed E-state index contributed by atoms with van der Waals surface area (Å²) in [6, 6.07) is 5.12. The SMILES string of the molecule is COc1cccc(S(C)(=O)=O)c1C1(CN)CC1. The summed E-state index contributed by atoms with van der Waals surface area (Å²) in [4.78, 5) is 0.347. The molecular formula is C12H17NO3S. The molecule has 1 aliphatic rings. The number of rotatable bonds is 4. The van der Waals surface area contributed by atoms with E-state index >= 15 is 0 Å². The lowest BCUT2D eigenvalue weighted by Gasteiger charge is -2.20. The molecule has 1 aromatic rings. The number of benzene rings is 1. The molecule has 0 aromatic heterocycles. The van der Waals surface area contributed by atoms with Crippen LogP contribution in [0.5, 0.6) is 5.75 Å². The molecule has 0 heterocycles. The Morgan fingerprint density at radius 1 is 1.41 bits per heavy atom. The molecule has 17 heavy (non-hydrogen) atoms. The average Bonchev–Trinajstić information content (AvgIpc) is 3.07. The first-order chi connectivity index (χ1) is 7.94. The molecular weight excluding hydrogens is 238 g/mol. The van der Waals surface area contributed by atoms with Gasteiger partial charge in [0.15, 0.2) is 9.84 Å². The Morgan fingerprint density at radius 2 is 2.06 bits per heavy atom. The molecule has 5 heteroatoms.